The number of ether oxygens (including phenoxy) is 5. The Hall–Kier alpha value is -3.67. The molecule has 3 rings (SSSR count). The number of ketones is 1. The minimum absolute atomic E-state index is 0.0323. The van der Waals surface area contributed by atoms with E-state index in [0.717, 1.165) is 24.8 Å². The lowest BCUT2D eigenvalue weighted by Crippen LogP contribution is -2.65. The monoisotopic (exact) mass is 763 g/mol. The highest BCUT2D eigenvalue weighted by atomic mass is 16.7. The number of methoxy groups -OCH3 is 1. The van der Waals surface area contributed by atoms with Crippen LogP contribution in [0.1, 0.15) is 91.9 Å². The van der Waals surface area contributed by atoms with Crippen molar-refractivity contribution in [2.24, 2.45) is 27.8 Å². The zero-order valence-electron chi connectivity index (χ0n) is 32.3. The van der Waals surface area contributed by atoms with E-state index in [1.165, 1.54) is 13.2 Å². The van der Waals surface area contributed by atoms with Gasteiger partial charge >= 0.3 is 5.97 Å². The molecule has 0 unspecified atom stereocenters. The highest BCUT2D eigenvalue weighted by Crippen LogP contribution is 2.42. The van der Waals surface area contributed by atoms with Gasteiger partial charge in [-0.15, -0.1) is 0 Å². The molecule has 0 radical (unpaired) electrons. The largest absolute Gasteiger partial charge is 0.480 e. The molecule has 3 fully saturated rings. The molecule has 16 heteroatoms. The number of nitrogens with zero attached hydrogens (tertiary/aromatic N) is 1. The molecule has 0 aliphatic carbocycles. The van der Waals surface area contributed by atoms with Gasteiger partial charge in [0.05, 0.1) is 18.3 Å². The van der Waals surface area contributed by atoms with E-state index in [0.29, 0.717) is 25.7 Å². The number of aliphatic carboxylic acids is 1. The van der Waals surface area contributed by atoms with E-state index in [1.807, 2.05) is 33.8 Å². The maximum Gasteiger partial charge on any atom is 0.326 e. The van der Waals surface area contributed by atoms with Crippen LogP contribution in [0.25, 0.3) is 0 Å². The Labute approximate surface area is 318 Å². The number of nitrogens with one attached hydrogen (secondary N) is 2. The molecule has 3 saturated heterocycles. The van der Waals surface area contributed by atoms with Gasteiger partial charge in [0.15, 0.2) is 18.3 Å². The molecule has 16 nitrogen and oxygen atoms in total. The normalized spacial score (nSPS) is 29.3. The van der Waals surface area contributed by atoms with Crippen molar-refractivity contribution in [3.05, 3.63) is 36.5 Å². The van der Waals surface area contributed by atoms with Crippen LogP contribution in [0.15, 0.2) is 41.4 Å². The minimum Gasteiger partial charge on any atom is -0.480 e. The van der Waals surface area contributed by atoms with Crippen molar-refractivity contribution in [3.63, 3.8) is 0 Å². The number of rotatable bonds is 20. The van der Waals surface area contributed by atoms with Gasteiger partial charge in [-0.3, -0.25) is 19.4 Å². The molecule has 304 valence electrons. The van der Waals surface area contributed by atoms with Gasteiger partial charge in [0.1, 0.15) is 24.7 Å². The number of nitrogens with two attached hydrogens (primary N) is 2. The van der Waals surface area contributed by atoms with Crippen LogP contribution in [0.5, 0.6) is 0 Å². The molecule has 8 N–H and O–H groups in total. The number of guanidine groups is 1. The fourth-order valence-corrected chi connectivity index (χ4v) is 6.84. The summed E-state index contributed by atoms with van der Waals surface area (Å²) >= 11 is 0. The summed E-state index contributed by atoms with van der Waals surface area (Å²) in [4.78, 5) is 53.8. The maximum absolute atomic E-state index is 13.4. The van der Waals surface area contributed by atoms with Gasteiger partial charge in [-0.1, -0.05) is 57.6 Å². The molecule has 3 aliphatic rings. The molecule has 0 aromatic rings. The minimum atomic E-state index is -1.67. The van der Waals surface area contributed by atoms with Crippen molar-refractivity contribution in [3.8, 4) is 0 Å². The third-order valence-corrected chi connectivity index (χ3v) is 10.4. The van der Waals surface area contributed by atoms with E-state index in [2.05, 4.69) is 22.2 Å². The molecule has 0 bridgehead atoms. The second kappa shape index (κ2) is 20.9. The van der Waals surface area contributed by atoms with Gasteiger partial charge in [0, 0.05) is 44.9 Å². The van der Waals surface area contributed by atoms with Crippen molar-refractivity contribution < 1.29 is 53.1 Å². The SMILES string of the molecule is C=C1C[C@](OC)([C@H](O)C(=O)N[C@H]2OCO[C@@H]3CC(C)(C)[C@@H](CC(=O)CCCCC/C=C/C=C/C(=O)N[C@@H](CCCN=C(N)N)C(=O)O)O[C@@H]32)O[C@H](C)[C@@H]1C. The quantitative estimate of drug-likeness (QED) is 0.0261. The van der Waals surface area contributed by atoms with Crippen molar-refractivity contribution >= 4 is 29.5 Å². The van der Waals surface area contributed by atoms with Crippen molar-refractivity contribution in [1.82, 2.24) is 10.6 Å². The predicted molar refractivity (Wildman–Crippen MR) is 199 cm³/mol. The zero-order chi connectivity index (χ0) is 40.1. The first-order valence-electron chi connectivity index (χ1n) is 18.7. The van der Waals surface area contributed by atoms with Crippen molar-refractivity contribution in [1.29, 1.82) is 0 Å². The number of aliphatic hydroxyl groups is 1. The summed E-state index contributed by atoms with van der Waals surface area (Å²) in [7, 11) is 1.38. The van der Waals surface area contributed by atoms with Crippen LogP contribution in [0.3, 0.4) is 0 Å². The van der Waals surface area contributed by atoms with Gasteiger partial charge in [-0.05, 0) is 50.9 Å². The Morgan fingerprint density at radius 2 is 1.85 bits per heavy atom. The summed E-state index contributed by atoms with van der Waals surface area (Å²) in [5.74, 6) is -3.96. The van der Waals surface area contributed by atoms with E-state index in [4.69, 9.17) is 35.2 Å². The average molecular weight is 764 g/mol. The number of hydrogen-bond acceptors (Lipinski definition) is 11. The summed E-state index contributed by atoms with van der Waals surface area (Å²) < 4.78 is 29.6. The van der Waals surface area contributed by atoms with E-state index in [9.17, 15) is 29.4 Å². The number of aliphatic hydroxyl groups excluding tert-OH is 1. The van der Waals surface area contributed by atoms with E-state index >= 15 is 0 Å². The number of unbranched alkanes of at least 4 members (excludes halogenated alkanes) is 3. The molecule has 54 heavy (non-hydrogen) atoms. The van der Waals surface area contributed by atoms with Crippen LogP contribution < -0.4 is 22.1 Å². The summed E-state index contributed by atoms with van der Waals surface area (Å²) in [6.07, 6.45) is 7.03. The lowest BCUT2D eigenvalue weighted by atomic mass is 9.75. The first kappa shape index (κ1) is 44.7. The third-order valence-electron chi connectivity index (χ3n) is 10.4. The molecule has 9 atom stereocenters. The molecule has 2 amide bonds. The number of aliphatic imine (C=N–C) groups is 1. The summed E-state index contributed by atoms with van der Waals surface area (Å²) in [5, 5.41) is 25.7. The lowest BCUT2D eigenvalue weighted by molar-refractivity contribution is -0.305. The molecule has 3 aliphatic heterocycles. The molecule has 3 heterocycles. The molecule has 0 aromatic heterocycles. The van der Waals surface area contributed by atoms with Gasteiger partial charge in [0.25, 0.3) is 5.91 Å². The lowest BCUT2D eigenvalue weighted by Gasteiger charge is -2.50. The fourth-order valence-electron chi connectivity index (χ4n) is 6.84. The first-order valence-corrected chi connectivity index (χ1v) is 18.7. The number of allylic oxidation sites excluding steroid dienone is 3. The van der Waals surface area contributed by atoms with Gasteiger partial charge in [0.2, 0.25) is 11.7 Å². The molecule has 0 spiro atoms. The number of hydrogen-bond donors (Lipinski definition) is 6. The number of carboxylic acid groups (broad SMARTS) is 1. The smallest absolute Gasteiger partial charge is 0.326 e. The van der Waals surface area contributed by atoms with Crippen LogP contribution in [-0.4, -0.2) is 109 Å². The highest BCUT2D eigenvalue weighted by Gasteiger charge is 2.53. The highest BCUT2D eigenvalue weighted by molar-refractivity contribution is 5.91. The molecular formula is C38H61N5O11. The standard InChI is InChI=1S/C38H61N5O11/c1-23-20-38(50-6,54-25(3)24(23)2)32(46)33(47)43-34-31-28(51-22-52-34)21-37(4,5)29(53-31)19-26(44)15-12-10-8-7-9-11-13-17-30(45)42-27(35(48)49)16-14-18-41-36(39)40/h9,11,13,17,24-25,27-29,31-32,34,46H,1,7-8,10,12,14-16,18-22H2,2-6H3,(H,42,45)(H,43,47)(H,48,49)(H4,39,40,41)/b11-9+,17-13+/t24-,25-,27+,28-,29-,31+,32-,34+,38-/m1/s1. The van der Waals surface area contributed by atoms with E-state index < -0.39 is 60.3 Å². The molecular weight excluding hydrogens is 702 g/mol. The average Bonchev–Trinajstić information content (AvgIpc) is 3.10. The predicted octanol–water partition coefficient (Wildman–Crippen LogP) is 2.34. The zero-order valence-corrected chi connectivity index (χ0v) is 32.3. The van der Waals surface area contributed by atoms with Crippen LogP contribution >= 0.6 is 0 Å². The Morgan fingerprint density at radius 1 is 1.11 bits per heavy atom. The van der Waals surface area contributed by atoms with Crippen LogP contribution in [0.2, 0.25) is 0 Å². The first-order chi connectivity index (χ1) is 25.5. The van der Waals surface area contributed by atoms with E-state index in [1.54, 1.807) is 12.2 Å². The third kappa shape index (κ3) is 13.0. The Morgan fingerprint density at radius 3 is 2.52 bits per heavy atom. The van der Waals surface area contributed by atoms with Crippen LogP contribution in [0.4, 0.5) is 0 Å². The number of carbonyl (C=O) groups excluding carboxylic acids is 3. The second-order valence-electron chi connectivity index (χ2n) is 15.0. The number of amides is 2. The van der Waals surface area contributed by atoms with Gasteiger partial charge in [-0.2, -0.15) is 0 Å². The Bertz CT molecular complexity index is 1400. The summed E-state index contributed by atoms with van der Waals surface area (Å²) in [6, 6.07) is -1.04. The topological polar surface area (TPSA) is 243 Å². The number of carbonyl (C=O) groups is 4. The summed E-state index contributed by atoms with van der Waals surface area (Å²) in [6.45, 7) is 12.2. The molecule has 0 aromatic carbocycles. The van der Waals surface area contributed by atoms with Crippen LogP contribution in [-0.2, 0) is 42.9 Å². The summed E-state index contributed by atoms with van der Waals surface area (Å²) in [5.41, 5.74) is 10.9. The number of fused-ring (bicyclic) bond motifs is 1. The second-order valence-corrected chi connectivity index (χ2v) is 15.0. The van der Waals surface area contributed by atoms with Crippen molar-refractivity contribution in [2.45, 2.75) is 140 Å². The number of carboxylic acids is 1. The van der Waals surface area contributed by atoms with Gasteiger partial charge in [-0.25, -0.2) is 4.79 Å². The Kier molecular flexibility index (Phi) is 17.3. The Balaban J connectivity index is 1.42. The van der Waals surface area contributed by atoms with Crippen LogP contribution in [0, 0.1) is 11.3 Å². The van der Waals surface area contributed by atoms with E-state index in [-0.39, 0.29) is 61.8 Å². The van der Waals surface area contributed by atoms with Crippen molar-refractivity contribution in [2.75, 3.05) is 20.4 Å². The maximum atomic E-state index is 13.4. The molecule has 0 saturated carbocycles. The fraction of sp³-hybridized carbons (Fsp3) is 0.711. The number of Topliss-reactive ketones (excluding diaryl/α,β-unsaturated/α-hetero) is 1. The van der Waals surface area contributed by atoms with Gasteiger partial charge < -0.3 is 56.0 Å².